The van der Waals surface area contributed by atoms with Gasteiger partial charge in [0.25, 0.3) is 0 Å². The number of hydrogen-bond acceptors (Lipinski definition) is 4. The molecule has 0 radical (unpaired) electrons. The molecule has 1 aromatic carbocycles. The van der Waals surface area contributed by atoms with E-state index in [1.807, 2.05) is 31.2 Å². The lowest BCUT2D eigenvalue weighted by Crippen LogP contribution is -2.41. The van der Waals surface area contributed by atoms with E-state index in [1.54, 1.807) is 0 Å². The first-order valence-electron chi connectivity index (χ1n) is 7.90. The van der Waals surface area contributed by atoms with Crippen LogP contribution in [0.25, 0.3) is 0 Å². The lowest BCUT2D eigenvalue weighted by molar-refractivity contribution is -0.123. The van der Waals surface area contributed by atoms with Gasteiger partial charge in [-0.3, -0.25) is 4.79 Å². The predicted molar refractivity (Wildman–Crippen MR) is 85.7 cm³/mol. The van der Waals surface area contributed by atoms with Crippen molar-refractivity contribution in [1.82, 2.24) is 10.6 Å². The van der Waals surface area contributed by atoms with Crippen LogP contribution in [-0.4, -0.2) is 36.3 Å². The first kappa shape index (κ1) is 16.8. The quantitative estimate of drug-likeness (QED) is 0.747. The smallest absolute Gasteiger partial charge is 0.237 e. The Bertz CT molecular complexity index is 487. The number of β-amino-alcohol motifs (C(OH)–C–C–N with tert-alkyl or cyclic N) is 1. The van der Waals surface area contributed by atoms with E-state index in [4.69, 9.17) is 4.74 Å². The van der Waals surface area contributed by atoms with Gasteiger partial charge in [0.2, 0.25) is 5.91 Å². The highest BCUT2D eigenvalue weighted by atomic mass is 16.5. The Hall–Kier alpha value is -1.59. The fraction of sp³-hybridized carbons (Fsp3) is 0.588. The third-order valence-electron chi connectivity index (χ3n) is 3.75. The van der Waals surface area contributed by atoms with Gasteiger partial charge < -0.3 is 20.5 Å². The second kappa shape index (κ2) is 7.61. The SMILES string of the molecule is CC(C)COc1ccc(C(C)NC(=O)C2CC(O)CN2)cc1. The van der Waals surface area contributed by atoms with E-state index in [1.165, 1.54) is 0 Å². The van der Waals surface area contributed by atoms with Gasteiger partial charge in [0.1, 0.15) is 5.75 Å². The van der Waals surface area contributed by atoms with E-state index in [2.05, 4.69) is 24.5 Å². The van der Waals surface area contributed by atoms with Gasteiger partial charge in [-0.05, 0) is 37.0 Å². The van der Waals surface area contributed by atoms with Crippen molar-refractivity contribution in [2.75, 3.05) is 13.2 Å². The maximum absolute atomic E-state index is 12.1. The summed E-state index contributed by atoms with van der Waals surface area (Å²) >= 11 is 0. The van der Waals surface area contributed by atoms with E-state index in [9.17, 15) is 9.90 Å². The minimum absolute atomic E-state index is 0.0656. The molecule has 0 bridgehead atoms. The molecule has 22 heavy (non-hydrogen) atoms. The molecule has 1 aromatic rings. The van der Waals surface area contributed by atoms with Gasteiger partial charge in [0.15, 0.2) is 0 Å². The Kier molecular flexibility index (Phi) is 5.80. The number of aliphatic hydroxyl groups is 1. The van der Waals surface area contributed by atoms with Crippen molar-refractivity contribution < 1.29 is 14.6 Å². The number of aliphatic hydroxyl groups excluding tert-OH is 1. The standard InChI is InChI=1S/C17H26N2O3/c1-11(2)10-22-15-6-4-13(5-7-15)12(3)19-17(21)16-8-14(20)9-18-16/h4-7,11-12,14,16,18,20H,8-10H2,1-3H3,(H,19,21). The van der Waals surface area contributed by atoms with Crippen LogP contribution in [0.1, 0.15) is 38.8 Å². The number of ether oxygens (including phenoxy) is 1. The summed E-state index contributed by atoms with van der Waals surface area (Å²) in [5.74, 6) is 1.27. The molecule has 122 valence electrons. The van der Waals surface area contributed by atoms with Gasteiger partial charge in [0.05, 0.1) is 24.8 Å². The zero-order valence-corrected chi connectivity index (χ0v) is 13.5. The average Bonchev–Trinajstić information content (AvgIpc) is 2.92. The second-order valence-corrected chi connectivity index (χ2v) is 6.35. The number of amides is 1. The van der Waals surface area contributed by atoms with Crippen LogP contribution in [0.15, 0.2) is 24.3 Å². The molecule has 0 aliphatic carbocycles. The normalized spacial score (nSPS) is 22.6. The third-order valence-corrected chi connectivity index (χ3v) is 3.75. The molecule has 5 heteroatoms. The maximum atomic E-state index is 12.1. The van der Waals surface area contributed by atoms with Gasteiger partial charge in [-0.15, -0.1) is 0 Å². The highest BCUT2D eigenvalue weighted by Gasteiger charge is 2.28. The topological polar surface area (TPSA) is 70.6 Å². The van der Waals surface area contributed by atoms with Crippen molar-refractivity contribution in [2.24, 2.45) is 5.92 Å². The lowest BCUT2D eigenvalue weighted by Gasteiger charge is -2.18. The number of nitrogens with one attached hydrogen (secondary N) is 2. The molecule has 1 fully saturated rings. The van der Waals surface area contributed by atoms with Crippen LogP contribution in [0, 0.1) is 5.92 Å². The summed E-state index contributed by atoms with van der Waals surface area (Å²) in [6.07, 6.45) is 0.0454. The van der Waals surface area contributed by atoms with Crippen molar-refractivity contribution in [3.63, 3.8) is 0 Å². The summed E-state index contributed by atoms with van der Waals surface area (Å²) in [5, 5.41) is 15.5. The Morgan fingerprint density at radius 2 is 2.05 bits per heavy atom. The maximum Gasteiger partial charge on any atom is 0.237 e. The molecule has 3 unspecified atom stereocenters. The van der Waals surface area contributed by atoms with Gasteiger partial charge in [-0.2, -0.15) is 0 Å². The minimum Gasteiger partial charge on any atom is -0.493 e. The van der Waals surface area contributed by atoms with Crippen molar-refractivity contribution >= 4 is 5.91 Å². The van der Waals surface area contributed by atoms with Crippen LogP contribution in [-0.2, 0) is 4.79 Å². The number of carbonyl (C=O) groups excluding carboxylic acids is 1. The van der Waals surface area contributed by atoms with Crippen LogP contribution in [0.4, 0.5) is 0 Å². The number of rotatable bonds is 6. The summed E-state index contributed by atoms with van der Waals surface area (Å²) in [6, 6.07) is 7.42. The monoisotopic (exact) mass is 306 g/mol. The summed E-state index contributed by atoms with van der Waals surface area (Å²) in [6.45, 7) is 7.35. The van der Waals surface area contributed by atoms with Crippen LogP contribution < -0.4 is 15.4 Å². The highest BCUT2D eigenvalue weighted by molar-refractivity contribution is 5.82. The molecular weight excluding hydrogens is 280 g/mol. The molecule has 1 saturated heterocycles. The summed E-state index contributed by atoms with van der Waals surface area (Å²) in [7, 11) is 0. The van der Waals surface area contributed by atoms with E-state index in [-0.39, 0.29) is 18.0 Å². The second-order valence-electron chi connectivity index (χ2n) is 6.35. The van der Waals surface area contributed by atoms with E-state index < -0.39 is 6.10 Å². The molecule has 1 heterocycles. The Morgan fingerprint density at radius 3 is 2.59 bits per heavy atom. The summed E-state index contributed by atoms with van der Waals surface area (Å²) in [5.41, 5.74) is 1.03. The molecule has 0 saturated carbocycles. The molecule has 3 N–H and O–H groups in total. The number of benzene rings is 1. The lowest BCUT2D eigenvalue weighted by atomic mass is 10.1. The van der Waals surface area contributed by atoms with Gasteiger partial charge >= 0.3 is 0 Å². The number of carbonyl (C=O) groups is 1. The van der Waals surface area contributed by atoms with E-state index in [0.717, 1.165) is 11.3 Å². The Labute approximate surface area is 132 Å². The zero-order valence-electron chi connectivity index (χ0n) is 13.5. The molecule has 1 aliphatic heterocycles. The molecule has 0 spiro atoms. The average molecular weight is 306 g/mol. The van der Waals surface area contributed by atoms with Crippen LogP contribution in [0.5, 0.6) is 5.75 Å². The molecule has 0 aromatic heterocycles. The Morgan fingerprint density at radius 1 is 1.36 bits per heavy atom. The van der Waals surface area contributed by atoms with Crippen LogP contribution >= 0.6 is 0 Å². The molecule has 3 atom stereocenters. The molecular formula is C17H26N2O3. The largest absolute Gasteiger partial charge is 0.493 e. The fourth-order valence-corrected chi connectivity index (χ4v) is 2.43. The van der Waals surface area contributed by atoms with E-state index >= 15 is 0 Å². The van der Waals surface area contributed by atoms with Crippen molar-refractivity contribution in [3.05, 3.63) is 29.8 Å². The van der Waals surface area contributed by atoms with Gasteiger partial charge in [0, 0.05) is 6.54 Å². The molecule has 5 nitrogen and oxygen atoms in total. The zero-order chi connectivity index (χ0) is 16.1. The molecule has 1 aliphatic rings. The number of hydrogen-bond donors (Lipinski definition) is 3. The summed E-state index contributed by atoms with van der Waals surface area (Å²) < 4.78 is 5.65. The summed E-state index contributed by atoms with van der Waals surface area (Å²) in [4.78, 5) is 12.1. The third kappa shape index (κ3) is 4.71. The Balaban J connectivity index is 1.86. The fourth-order valence-electron chi connectivity index (χ4n) is 2.43. The van der Waals surface area contributed by atoms with Crippen LogP contribution in [0.3, 0.4) is 0 Å². The molecule has 1 amide bonds. The van der Waals surface area contributed by atoms with Gasteiger partial charge in [-0.1, -0.05) is 26.0 Å². The van der Waals surface area contributed by atoms with Crippen molar-refractivity contribution in [1.29, 1.82) is 0 Å². The van der Waals surface area contributed by atoms with E-state index in [0.29, 0.717) is 25.5 Å². The van der Waals surface area contributed by atoms with Gasteiger partial charge in [-0.25, -0.2) is 0 Å². The van der Waals surface area contributed by atoms with Crippen LogP contribution in [0.2, 0.25) is 0 Å². The predicted octanol–water partition coefficient (Wildman–Crippen LogP) is 1.62. The minimum atomic E-state index is -0.427. The first-order chi connectivity index (χ1) is 10.5. The van der Waals surface area contributed by atoms with Crippen molar-refractivity contribution in [3.8, 4) is 5.75 Å². The first-order valence-corrected chi connectivity index (χ1v) is 7.90. The van der Waals surface area contributed by atoms with Crippen molar-refractivity contribution in [2.45, 2.75) is 45.4 Å². The molecule has 2 rings (SSSR count). The highest BCUT2D eigenvalue weighted by Crippen LogP contribution is 2.19.